The predicted octanol–water partition coefficient (Wildman–Crippen LogP) is 2.15. The van der Waals surface area contributed by atoms with Crippen LogP contribution in [0, 0.1) is 6.92 Å². The third kappa shape index (κ3) is 6.07. The number of fused-ring (bicyclic) bond motifs is 1. The molecule has 11 heteroatoms. The van der Waals surface area contributed by atoms with Gasteiger partial charge in [-0.05, 0) is 42.8 Å². The Morgan fingerprint density at radius 2 is 1.89 bits per heavy atom. The van der Waals surface area contributed by atoms with Crippen LogP contribution in [0.1, 0.15) is 11.3 Å². The number of benzene rings is 2. The molecule has 1 aliphatic rings. The minimum atomic E-state index is -3.73. The molecule has 1 amide bonds. The number of esters is 1. The van der Waals surface area contributed by atoms with E-state index in [-0.39, 0.29) is 23.7 Å². The Bertz CT molecular complexity index is 1380. The molecular formula is C24H24N4O6S. The number of hydrogen-bond donors (Lipinski definition) is 1. The van der Waals surface area contributed by atoms with Crippen LogP contribution in [0.3, 0.4) is 0 Å². The minimum absolute atomic E-state index is 0.105. The summed E-state index contributed by atoms with van der Waals surface area (Å²) in [5, 5.41) is 2.56. The Labute approximate surface area is 202 Å². The molecule has 2 aromatic carbocycles. The van der Waals surface area contributed by atoms with E-state index in [0.717, 1.165) is 11.6 Å². The van der Waals surface area contributed by atoms with Crippen molar-refractivity contribution in [3.05, 3.63) is 66.0 Å². The zero-order valence-electron chi connectivity index (χ0n) is 19.0. The second kappa shape index (κ2) is 10.7. The summed E-state index contributed by atoms with van der Waals surface area (Å²) in [6.45, 7) is 2.36. The molecule has 1 aliphatic heterocycles. The average Bonchev–Trinajstić information content (AvgIpc) is 2.87. The molecule has 2 heterocycles. The van der Waals surface area contributed by atoms with Crippen LogP contribution in [0.5, 0.6) is 0 Å². The lowest BCUT2D eigenvalue weighted by atomic mass is 10.2. The van der Waals surface area contributed by atoms with Crippen molar-refractivity contribution in [1.29, 1.82) is 0 Å². The maximum absolute atomic E-state index is 13.0. The van der Waals surface area contributed by atoms with E-state index < -0.39 is 28.5 Å². The second-order valence-electron chi connectivity index (χ2n) is 7.77. The molecule has 0 atom stereocenters. The van der Waals surface area contributed by atoms with Gasteiger partial charge in [0.2, 0.25) is 10.0 Å². The van der Waals surface area contributed by atoms with Gasteiger partial charge in [0.15, 0.2) is 6.61 Å². The van der Waals surface area contributed by atoms with Gasteiger partial charge in [0.25, 0.3) is 5.91 Å². The highest BCUT2D eigenvalue weighted by atomic mass is 32.2. The van der Waals surface area contributed by atoms with Gasteiger partial charge in [0, 0.05) is 24.9 Å². The highest BCUT2D eigenvalue weighted by molar-refractivity contribution is 7.89. The van der Waals surface area contributed by atoms with E-state index in [4.69, 9.17) is 9.47 Å². The van der Waals surface area contributed by atoms with Gasteiger partial charge < -0.3 is 14.8 Å². The van der Waals surface area contributed by atoms with Crippen LogP contribution < -0.4 is 5.32 Å². The number of morpholine rings is 1. The monoisotopic (exact) mass is 496 g/mol. The largest absolute Gasteiger partial charge is 0.452 e. The van der Waals surface area contributed by atoms with E-state index in [9.17, 15) is 18.0 Å². The van der Waals surface area contributed by atoms with Crippen molar-refractivity contribution in [2.45, 2.75) is 11.8 Å². The van der Waals surface area contributed by atoms with E-state index in [1.165, 1.54) is 22.6 Å². The van der Waals surface area contributed by atoms with Crippen molar-refractivity contribution in [3.8, 4) is 0 Å². The Hall–Kier alpha value is -3.67. The van der Waals surface area contributed by atoms with Gasteiger partial charge >= 0.3 is 5.97 Å². The summed E-state index contributed by atoms with van der Waals surface area (Å²) in [5.41, 5.74) is 2.74. The summed E-state index contributed by atoms with van der Waals surface area (Å²) >= 11 is 0. The molecule has 1 fully saturated rings. The Kier molecular flexibility index (Phi) is 7.49. The van der Waals surface area contributed by atoms with Crippen LogP contribution in [0.25, 0.3) is 17.1 Å². The third-order valence-electron chi connectivity index (χ3n) is 5.26. The number of sulfonamides is 1. The van der Waals surface area contributed by atoms with Crippen LogP contribution in [-0.2, 0) is 29.1 Å². The molecule has 0 unspecified atom stereocenters. The highest BCUT2D eigenvalue weighted by Crippen LogP contribution is 2.24. The number of nitrogens with one attached hydrogen (secondary N) is 1. The fourth-order valence-electron chi connectivity index (χ4n) is 3.47. The molecule has 10 nitrogen and oxygen atoms in total. The molecule has 4 rings (SSSR count). The first kappa shape index (κ1) is 24.5. The quantitative estimate of drug-likeness (QED) is 0.389. The molecule has 1 N–H and O–H groups in total. The van der Waals surface area contributed by atoms with Crippen LogP contribution in [-0.4, -0.2) is 67.5 Å². The summed E-state index contributed by atoms with van der Waals surface area (Å²) in [7, 11) is -3.73. The first-order chi connectivity index (χ1) is 16.8. The summed E-state index contributed by atoms with van der Waals surface area (Å²) in [6, 6.07) is 11.9. The lowest BCUT2D eigenvalue weighted by Crippen LogP contribution is -2.40. The van der Waals surface area contributed by atoms with Crippen molar-refractivity contribution in [3.63, 3.8) is 0 Å². The van der Waals surface area contributed by atoms with E-state index >= 15 is 0 Å². The number of hydrogen-bond acceptors (Lipinski definition) is 8. The van der Waals surface area contributed by atoms with Crippen molar-refractivity contribution < 1.29 is 27.5 Å². The molecule has 3 aromatic rings. The zero-order valence-corrected chi connectivity index (χ0v) is 19.8. The zero-order chi connectivity index (χ0) is 24.8. The molecule has 1 saturated heterocycles. The SMILES string of the molecule is Cc1ccc(NC(=O)COC(=O)/C=C/c2cnc3ccccc3n2)cc1S(=O)(=O)N1CCOCC1. The minimum Gasteiger partial charge on any atom is -0.452 e. The first-order valence-electron chi connectivity index (χ1n) is 10.9. The van der Waals surface area contributed by atoms with E-state index in [1.54, 1.807) is 19.1 Å². The molecule has 35 heavy (non-hydrogen) atoms. The fourth-order valence-corrected chi connectivity index (χ4v) is 5.13. The normalized spacial score (nSPS) is 14.8. The predicted molar refractivity (Wildman–Crippen MR) is 129 cm³/mol. The number of carbonyl (C=O) groups is 2. The van der Waals surface area contributed by atoms with Crippen molar-refractivity contribution in [1.82, 2.24) is 14.3 Å². The molecule has 182 valence electrons. The topological polar surface area (TPSA) is 128 Å². The average molecular weight is 497 g/mol. The third-order valence-corrected chi connectivity index (χ3v) is 7.30. The van der Waals surface area contributed by atoms with Gasteiger partial charge in [0.1, 0.15) is 0 Å². The maximum Gasteiger partial charge on any atom is 0.331 e. The molecule has 0 bridgehead atoms. The number of anilines is 1. The van der Waals surface area contributed by atoms with E-state index in [0.29, 0.717) is 30.0 Å². The van der Waals surface area contributed by atoms with Crippen molar-refractivity contribution in [2.24, 2.45) is 0 Å². The molecular weight excluding hydrogens is 472 g/mol. The van der Waals surface area contributed by atoms with Gasteiger partial charge in [-0.15, -0.1) is 0 Å². The van der Waals surface area contributed by atoms with E-state index in [2.05, 4.69) is 15.3 Å². The van der Waals surface area contributed by atoms with Gasteiger partial charge in [-0.1, -0.05) is 18.2 Å². The molecule has 1 aromatic heterocycles. The number of aryl methyl sites for hydroxylation is 1. The van der Waals surface area contributed by atoms with Crippen LogP contribution in [0.2, 0.25) is 0 Å². The second-order valence-corrected chi connectivity index (χ2v) is 9.68. The summed E-state index contributed by atoms with van der Waals surface area (Å²) in [6.07, 6.45) is 4.13. The van der Waals surface area contributed by atoms with Gasteiger partial charge in [0.05, 0.1) is 41.0 Å². The first-order valence-corrected chi connectivity index (χ1v) is 12.3. The molecule has 0 saturated carbocycles. The van der Waals surface area contributed by atoms with Crippen molar-refractivity contribution >= 4 is 44.7 Å². The number of rotatable bonds is 7. The lowest BCUT2D eigenvalue weighted by molar-refractivity contribution is -0.142. The fraction of sp³-hybridized carbons (Fsp3) is 0.250. The van der Waals surface area contributed by atoms with Gasteiger partial charge in [-0.25, -0.2) is 18.2 Å². The van der Waals surface area contributed by atoms with Gasteiger partial charge in [-0.3, -0.25) is 9.78 Å². The highest BCUT2D eigenvalue weighted by Gasteiger charge is 2.28. The number of para-hydroxylation sites is 2. The standard InChI is InChI=1S/C24H24N4O6S/c1-17-6-7-18(14-22(17)35(31,32)28-10-12-33-13-11-28)27-23(29)16-34-24(30)9-8-19-15-25-20-4-2-3-5-21(20)26-19/h2-9,14-15H,10-13,16H2,1H3,(H,27,29)/b9-8+. The van der Waals surface area contributed by atoms with Gasteiger partial charge in [-0.2, -0.15) is 4.31 Å². The summed E-state index contributed by atoms with van der Waals surface area (Å²) < 4.78 is 37.5. The van der Waals surface area contributed by atoms with E-state index in [1.807, 2.05) is 24.3 Å². The number of carbonyl (C=O) groups excluding carboxylic acids is 2. The number of ether oxygens (including phenoxy) is 2. The molecule has 0 spiro atoms. The Balaban J connectivity index is 1.34. The van der Waals surface area contributed by atoms with Crippen LogP contribution >= 0.6 is 0 Å². The number of amides is 1. The Morgan fingerprint density at radius 1 is 1.14 bits per heavy atom. The molecule has 0 radical (unpaired) electrons. The summed E-state index contributed by atoms with van der Waals surface area (Å²) in [5.74, 6) is -1.33. The summed E-state index contributed by atoms with van der Waals surface area (Å²) in [4.78, 5) is 33.0. The smallest absolute Gasteiger partial charge is 0.331 e. The maximum atomic E-state index is 13.0. The van der Waals surface area contributed by atoms with Crippen molar-refractivity contribution in [2.75, 3.05) is 38.2 Å². The number of nitrogens with zero attached hydrogens (tertiary/aromatic N) is 3. The number of aromatic nitrogens is 2. The molecule has 0 aliphatic carbocycles. The Morgan fingerprint density at radius 3 is 2.66 bits per heavy atom. The van der Waals surface area contributed by atoms with Crippen LogP contribution in [0.15, 0.2) is 59.6 Å². The van der Waals surface area contributed by atoms with Crippen LogP contribution in [0.4, 0.5) is 5.69 Å². The lowest BCUT2D eigenvalue weighted by Gasteiger charge is -2.26.